The van der Waals surface area contributed by atoms with Crippen LogP contribution in [0.1, 0.15) is 49.8 Å². The van der Waals surface area contributed by atoms with Gasteiger partial charge in [-0.1, -0.05) is 6.92 Å². The molecule has 0 spiro atoms. The molecule has 0 aliphatic carbocycles. The van der Waals surface area contributed by atoms with E-state index < -0.39 is 0 Å². The van der Waals surface area contributed by atoms with Crippen molar-refractivity contribution in [1.29, 1.82) is 0 Å². The lowest BCUT2D eigenvalue weighted by Gasteiger charge is -2.32. The number of likely N-dealkylation sites (tertiary alicyclic amines) is 1. The summed E-state index contributed by atoms with van der Waals surface area (Å²) in [6.45, 7) is 6.46. The van der Waals surface area contributed by atoms with Gasteiger partial charge in [-0.25, -0.2) is 4.79 Å². The van der Waals surface area contributed by atoms with E-state index in [0.717, 1.165) is 44.0 Å². The van der Waals surface area contributed by atoms with Gasteiger partial charge in [0, 0.05) is 30.3 Å². The monoisotopic (exact) mass is 276 g/mol. The number of anilines is 1. The zero-order valence-corrected chi connectivity index (χ0v) is 12.2. The lowest BCUT2D eigenvalue weighted by Crippen LogP contribution is -2.35. The molecule has 3 rings (SSSR count). The van der Waals surface area contributed by atoms with E-state index in [1.54, 1.807) is 0 Å². The van der Waals surface area contributed by atoms with Gasteiger partial charge < -0.3 is 15.2 Å². The second kappa shape index (κ2) is 5.95. The molecule has 1 saturated heterocycles. The number of piperidine rings is 1. The van der Waals surface area contributed by atoms with Crippen LogP contribution in [0.4, 0.5) is 5.82 Å². The second-order valence-corrected chi connectivity index (χ2v) is 5.90. The van der Waals surface area contributed by atoms with Gasteiger partial charge in [-0.2, -0.15) is 4.98 Å². The van der Waals surface area contributed by atoms with Gasteiger partial charge >= 0.3 is 5.69 Å². The van der Waals surface area contributed by atoms with Gasteiger partial charge in [0.05, 0.1) is 0 Å². The Hall–Kier alpha value is -1.36. The van der Waals surface area contributed by atoms with Crippen LogP contribution in [0, 0.1) is 0 Å². The number of H-pyrrole nitrogens is 1. The molecule has 1 aromatic rings. The fourth-order valence-corrected chi connectivity index (χ4v) is 3.47. The molecule has 1 unspecified atom stereocenters. The number of nitrogens with zero attached hydrogens (tertiary/aromatic N) is 2. The Morgan fingerprint density at radius 1 is 1.35 bits per heavy atom. The van der Waals surface area contributed by atoms with Crippen LogP contribution in [-0.4, -0.2) is 41.0 Å². The third kappa shape index (κ3) is 2.73. The van der Waals surface area contributed by atoms with Crippen LogP contribution in [0.2, 0.25) is 0 Å². The smallest absolute Gasteiger partial charge is 0.347 e. The fraction of sp³-hybridized carbons (Fsp3) is 0.733. The molecular formula is C15H24N4O. The van der Waals surface area contributed by atoms with Crippen LogP contribution >= 0.6 is 0 Å². The minimum Gasteiger partial charge on any atom is -0.370 e. The normalized spacial score (nSPS) is 23.8. The maximum absolute atomic E-state index is 11.8. The van der Waals surface area contributed by atoms with Gasteiger partial charge in [0.2, 0.25) is 0 Å². The zero-order chi connectivity index (χ0) is 13.9. The molecule has 5 heteroatoms. The number of nitrogens with one attached hydrogen (secondary N) is 2. The van der Waals surface area contributed by atoms with Gasteiger partial charge in [-0.3, -0.25) is 0 Å². The first-order valence-corrected chi connectivity index (χ1v) is 7.87. The molecule has 110 valence electrons. The van der Waals surface area contributed by atoms with E-state index >= 15 is 0 Å². The van der Waals surface area contributed by atoms with Crippen molar-refractivity contribution >= 4 is 5.82 Å². The molecule has 0 amide bonds. The molecule has 2 N–H and O–H groups in total. The van der Waals surface area contributed by atoms with Crippen molar-refractivity contribution in [1.82, 2.24) is 14.9 Å². The van der Waals surface area contributed by atoms with E-state index in [1.807, 2.05) is 0 Å². The average Bonchev–Trinajstić information content (AvgIpc) is 2.71. The predicted octanol–water partition coefficient (Wildman–Crippen LogP) is 1.72. The quantitative estimate of drug-likeness (QED) is 0.863. The molecule has 1 atom stereocenters. The third-order valence-electron chi connectivity index (χ3n) is 4.57. The molecule has 20 heavy (non-hydrogen) atoms. The first-order chi connectivity index (χ1) is 9.78. The highest BCUT2D eigenvalue weighted by Gasteiger charge is 2.25. The summed E-state index contributed by atoms with van der Waals surface area (Å²) < 4.78 is 0. The Balaban J connectivity index is 1.95. The molecule has 5 nitrogen and oxygen atoms in total. The topological polar surface area (TPSA) is 61.0 Å². The summed E-state index contributed by atoms with van der Waals surface area (Å²) in [6, 6.07) is 0. The first-order valence-electron chi connectivity index (χ1n) is 7.87. The Bertz CT molecular complexity index is 525. The SMILES string of the molecule is CCN1CCCC(c2[nH]c(=O)nc3c2CCCCN3)C1. The average molecular weight is 276 g/mol. The molecule has 3 heterocycles. The van der Waals surface area contributed by atoms with Crippen LogP contribution < -0.4 is 11.0 Å². The Kier molecular flexibility index (Phi) is 4.05. The van der Waals surface area contributed by atoms with E-state index in [-0.39, 0.29) is 5.69 Å². The summed E-state index contributed by atoms with van der Waals surface area (Å²) in [4.78, 5) is 21.5. The standard InChI is InChI=1S/C15H24N4O/c1-2-19-9-5-6-11(10-19)13-12-7-3-4-8-16-14(12)18-15(20)17-13/h11H,2-10H2,1H3,(H2,16,17,18,20). The summed E-state index contributed by atoms with van der Waals surface area (Å²) in [7, 11) is 0. The van der Waals surface area contributed by atoms with Crippen molar-refractivity contribution in [3.63, 3.8) is 0 Å². The molecule has 2 aliphatic rings. The lowest BCUT2D eigenvalue weighted by molar-refractivity contribution is 0.215. The largest absolute Gasteiger partial charge is 0.370 e. The predicted molar refractivity (Wildman–Crippen MR) is 80.4 cm³/mol. The summed E-state index contributed by atoms with van der Waals surface area (Å²) in [5, 5.41) is 3.33. The Morgan fingerprint density at radius 3 is 3.10 bits per heavy atom. The first kappa shape index (κ1) is 13.6. The maximum Gasteiger partial charge on any atom is 0.347 e. The van der Waals surface area contributed by atoms with Crippen molar-refractivity contribution in [2.45, 2.75) is 44.9 Å². The van der Waals surface area contributed by atoms with E-state index in [1.165, 1.54) is 31.4 Å². The van der Waals surface area contributed by atoms with Crippen molar-refractivity contribution in [2.75, 3.05) is 31.5 Å². The molecule has 2 aliphatic heterocycles. The number of fused-ring (bicyclic) bond motifs is 1. The Morgan fingerprint density at radius 2 is 2.25 bits per heavy atom. The van der Waals surface area contributed by atoms with Crippen molar-refractivity contribution in [2.24, 2.45) is 0 Å². The number of likely N-dealkylation sites (N-methyl/N-ethyl adjacent to an activating group) is 1. The Labute approximate surface area is 119 Å². The van der Waals surface area contributed by atoms with Crippen molar-refractivity contribution < 1.29 is 0 Å². The van der Waals surface area contributed by atoms with Crippen LogP contribution in [-0.2, 0) is 6.42 Å². The highest BCUT2D eigenvalue weighted by Crippen LogP contribution is 2.31. The van der Waals surface area contributed by atoms with Crippen molar-refractivity contribution in [3.8, 4) is 0 Å². The number of hydrogen-bond donors (Lipinski definition) is 2. The summed E-state index contributed by atoms with van der Waals surface area (Å²) in [5.74, 6) is 1.28. The highest BCUT2D eigenvalue weighted by molar-refractivity contribution is 5.48. The second-order valence-electron chi connectivity index (χ2n) is 5.90. The van der Waals surface area contributed by atoms with Gasteiger partial charge in [0.1, 0.15) is 5.82 Å². The molecule has 0 aromatic carbocycles. The summed E-state index contributed by atoms with van der Waals surface area (Å²) in [5.41, 5.74) is 2.19. The summed E-state index contributed by atoms with van der Waals surface area (Å²) in [6.07, 6.45) is 5.73. The van der Waals surface area contributed by atoms with Crippen LogP contribution in [0.5, 0.6) is 0 Å². The van der Waals surface area contributed by atoms with Gasteiger partial charge in [0.25, 0.3) is 0 Å². The number of aromatic amines is 1. The zero-order valence-electron chi connectivity index (χ0n) is 12.2. The molecule has 1 fully saturated rings. The third-order valence-corrected chi connectivity index (χ3v) is 4.57. The van der Waals surface area contributed by atoms with E-state index in [4.69, 9.17) is 0 Å². The van der Waals surface area contributed by atoms with E-state index in [0.29, 0.717) is 5.92 Å². The number of rotatable bonds is 2. The minimum absolute atomic E-state index is 0.207. The molecule has 0 bridgehead atoms. The van der Waals surface area contributed by atoms with E-state index in [9.17, 15) is 4.79 Å². The summed E-state index contributed by atoms with van der Waals surface area (Å²) >= 11 is 0. The maximum atomic E-state index is 11.8. The highest BCUT2D eigenvalue weighted by atomic mass is 16.1. The van der Waals surface area contributed by atoms with Crippen LogP contribution in [0.3, 0.4) is 0 Å². The molecule has 1 aromatic heterocycles. The molecule has 0 saturated carbocycles. The van der Waals surface area contributed by atoms with Gasteiger partial charge in [-0.15, -0.1) is 0 Å². The minimum atomic E-state index is -0.207. The molecular weight excluding hydrogens is 252 g/mol. The number of hydrogen-bond acceptors (Lipinski definition) is 4. The van der Waals surface area contributed by atoms with Gasteiger partial charge in [-0.05, 0) is 45.2 Å². The van der Waals surface area contributed by atoms with Crippen molar-refractivity contribution in [3.05, 3.63) is 21.7 Å². The van der Waals surface area contributed by atoms with Crippen LogP contribution in [0.25, 0.3) is 0 Å². The van der Waals surface area contributed by atoms with Gasteiger partial charge in [0.15, 0.2) is 0 Å². The number of aromatic nitrogens is 2. The van der Waals surface area contributed by atoms with Crippen LogP contribution in [0.15, 0.2) is 4.79 Å². The molecule has 0 radical (unpaired) electrons. The lowest BCUT2D eigenvalue weighted by atomic mass is 9.90. The fourth-order valence-electron chi connectivity index (χ4n) is 3.47. The van der Waals surface area contributed by atoms with E-state index in [2.05, 4.69) is 27.1 Å².